The Morgan fingerprint density at radius 3 is 3.08 bits per heavy atom. The summed E-state index contributed by atoms with van der Waals surface area (Å²) in [5.41, 5.74) is 1.90. The van der Waals surface area contributed by atoms with E-state index in [1.165, 1.54) is 4.70 Å². The van der Waals surface area contributed by atoms with Crippen LogP contribution in [-0.4, -0.2) is 9.97 Å². The Hall–Kier alpha value is -0.670. The summed E-state index contributed by atoms with van der Waals surface area (Å²) in [5, 5.41) is 1.16. The van der Waals surface area contributed by atoms with E-state index < -0.39 is 0 Å². The van der Waals surface area contributed by atoms with E-state index in [2.05, 4.69) is 16.9 Å². The first kappa shape index (κ1) is 8.91. The van der Waals surface area contributed by atoms with Crippen LogP contribution in [-0.2, 0) is 12.3 Å². The Balaban J connectivity index is 2.57. The largest absolute Gasteiger partial charge is 0.258 e. The van der Waals surface area contributed by atoms with Gasteiger partial charge in [-0.1, -0.05) is 6.92 Å². The Morgan fingerprint density at radius 1 is 1.54 bits per heavy atom. The molecular formula is C9H9ClN2S. The number of aryl methyl sites for hydroxylation is 1. The first-order valence-electron chi connectivity index (χ1n) is 4.13. The quantitative estimate of drug-likeness (QED) is 0.716. The first-order valence-corrected chi connectivity index (χ1v) is 5.49. The van der Waals surface area contributed by atoms with E-state index in [4.69, 9.17) is 11.6 Å². The average Bonchev–Trinajstić information content (AvgIpc) is 2.58. The van der Waals surface area contributed by atoms with Crippen molar-refractivity contribution in [2.75, 3.05) is 0 Å². The molecule has 2 heterocycles. The lowest BCUT2D eigenvalue weighted by Crippen LogP contribution is -1.82. The van der Waals surface area contributed by atoms with Crippen molar-refractivity contribution in [3.63, 3.8) is 0 Å². The molecule has 0 aliphatic carbocycles. The lowest BCUT2D eigenvalue weighted by atomic mass is 10.4. The molecule has 68 valence electrons. The smallest absolute Gasteiger partial charge is 0.0998 e. The molecule has 0 unspecified atom stereocenters. The van der Waals surface area contributed by atoms with Gasteiger partial charge in [-0.25, -0.2) is 4.98 Å². The van der Waals surface area contributed by atoms with Crippen molar-refractivity contribution < 1.29 is 0 Å². The van der Waals surface area contributed by atoms with Gasteiger partial charge in [0.05, 0.1) is 33.0 Å². The molecule has 0 atom stereocenters. The van der Waals surface area contributed by atoms with E-state index in [9.17, 15) is 0 Å². The molecule has 0 N–H and O–H groups in total. The molecule has 4 heteroatoms. The van der Waals surface area contributed by atoms with Crippen molar-refractivity contribution in [2.24, 2.45) is 0 Å². The molecule has 0 aliphatic heterocycles. The maximum absolute atomic E-state index is 5.69. The summed E-state index contributed by atoms with van der Waals surface area (Å²) in [6, 6.07) is 2.01. The molecule has 2 nitrogen and oxygen atoms in total. The summed E-state index contributed by atoms with van der Waals surface area (Å²) in [5.74, 6) is 0.468. The lowest BCUT2D eigenvalue weighted by Gasteiger charge is -1.91. The molecule has 0 amide bonds. The van der Waals surface area contributed by atoms with Crippen molar-refractivity contribution in [2.45, 2.75) is 19.2 Å². The van der Waals surface area contributed by atoms with Crippen molar-refractivity contribution in [1.29, 1.82) is 0 Å². The fourth-order valence-corrected chi connectivity index (χ4v) is 2.23. The van der Waals surface area contributed by atoms with Crippen molar-refractivity contribution in [3.8, 4) is 0 Å². The maximum Gasteiger partial charge on any atom is 0.0998 e. The molecule has 0 aromatic carbocycles. The SMILES string of the molecule is CCc1nc2cnc(CCl)cc2s1. The number of pyridine rings is 1. The zero-order valence-electron chi connectivity index (χ0n) is 7.25. The van der Waals surface area contributed by atoms with Crippen LogP contribution in [0.4, 0.5) is 0 Å². The number of halogens is 1. The van der Waals surface area contributed by atoms with E-state index in [0.29, 0.717) is 5.88 Å². The van der Waals surface area contributed by atoms with Gasteiger partial charge in [-0.05, 0) is 12.5 Å². The van der Waals surface area contributed by atoms with Gasteiger partial charge in [0.2, 0.25) is 0 Å². The zero-order chi connectivity index (χ0) is 9.26. The second-order valence-electron chi connectivity index (χ2n) is 2.74. The number of fused-ring (bicyclic) bond motifs is 1. The highest BCUT2D eigenvalue weighted by molar-refractivity contribution is 7.18. The molecule has 2 aromatic heterocycles. The van der Waals surface area contributed by atoms with Crippen molar-refractivity contribution in [3.05, 3.63) is 23.0 Å². The number of aromatic nitrogens is 2. The summed E-state index contributed by atoms with van der Waals surface area (Å²) >= 11 is 7.41. The Morgan fingerprint density at radius 2 is 2.38 bits per heavy atom. The van der Waals surface area contributed by atoms with Crippen LogP contribution in [0.3, 0.4) is 0 Å². The third-order valence-corrected chi connectivity index (χ3v) is 3.25. The van der Waals surface area contributed by atoms with Gasteiger partial charge in [0.1, 0.15) is 0 Å². The van der Waals surface area contributed by atoms with Crippen LogP contribution in [0.25, 0.3) is 10.2 Å². The zero-order valence-corrected chi connectivity index (χ0v) is 8.82. The number of nitrogens with zero attached hydrogens (tertiary/aromatic N) is 2. The van der Waals surface area contributed by atoms with Gasteiger partial charge < -0.3 is 0 Å². The highest BCUT2D eigenvalue weighted by Gasteiger charge is 2.03. The lowest BCUT2D eigenvalue weighted by molar-refractivity contribution is 1.10. The fourth-order valence-electron chi connectivity index (χ4n) is 1.14. The minimum absolute atomic E-state index is 0.468. The van der Waals surface area contributed by atoms with Gasteiger partial charge in [-0.15, -0.1) is 22.9 Å². The third-order valence-electron chi connectivity index (χ3n) is 1.82. The molecule has 0 aliphatic rings. The molecule has 0 spiro atoms. The molecule has 0 bridgehead atoms. The van der Waals surface area contributed by atoms with Crippen LogP contribution in [0, 0.1) is 0 Å². The summed E-state index contributed by atoms with van der Waals surface area (Å²) in [4.78, 5) is 8.60. The molecule has 0 saturated carbocycles. The van der Waals surface area contributed by atoms with Gasteiger partial charge in [-0.3, -0.25) is 4.98 Å². The molecule has 0 radical (unpaired) electrons. The number of rotatable bonds is 2. The second kappa shape index (κ2) is 3.60. The number of hydrogen-bond donors (Lipinski definition) is 0. The van der Waals surface area contributed by atoms with Crippen LogP contribution in [0.2, 0.25) is 0 Å². The monoisotopic (exact) mass is 212 g/mol. The highest BCUT2D eigenvalue weighted by atomic mass is 35.5. The Bertz CT molecular complexity index is 422. The van der Waals surface area contributed by atoms with E-state index >= 15 is 0 Å². The van der Waals surface area contributed by atoms with Crippen LogP contribution < -0.4 is 0 Å². The second-order valence-corrected chi connectivity index (χ2v) is 4.12. The number of alkyl halides is 1. The predicted molar refractivity (Wildman–Crippen MR) is 56.4 cm³/mol. The molecular weight excluding hydrogens is 204 g/mol. The Kier molecular flexibility index (Phi) is 2.47. The van der Waals surface area contributed by atoms with E-state index in [-0.39, 0.29) is 0 Å². The van der Waals surface area contributed by atoms with Gasteiger partial charge in [-0.2, -0.15) is 0 Å². The fraction of sp³-hybridized carbons (Fsp3) is 0.333. The van der Waals surface area contributed by atoms with Gasteiger partial charge in [0.15, 0.2) is 0 Å². The molecule has 0 fully saturated rings. The summed E-state index contributed by atoms with van der Waals surface area (Å²) in [6.45, 7) is 2.10. The normalized spacial score (nSPS) is 10.9. The molecule has 2 rings (SSSR count). The van der Waals surface area contributed by atoms with Gasteiger partial charge >= 0.3 is 0 Å². The van der Waals surface area contributed by atoms with Crippen LogP contribution >= 0.6 is 22.9 Å². The summed E-state index contributed by atoms with van der Waals surface area (Å²) in [7, 11) is 0. The molecule has 0 saturated heterocycles. The number of hydrogen-bond acceptors (Lipinski definition) is 3. The van der Waals surface area contributed by atoms with E-state index in [1.807, 2.05) is 6.07 Å². The number of thiazole rings is 1. The Labute approximate surface area is 85.6 Å². The highest BCUT2D eigenvalue weighted by Crippen LogP contribution is 2.22. The van der Waals surface area contributed by atoms with Gasteiger partial charge in [0.25, 0.3) is 0 Å². The minimum Gasteiger partial charge on any atom is -0.258 e. The van der Waals surface area contributed by atoms with Crippen LogP contribution in [0.15, 0.2) is 12.3 Å². The first-order chi connectivity index (χ1) is 6.33. The third kappa shape index (κ3) is 1.67. The summed E-state index contributed by atoms with van der Waals surface area (Å²) < 4.78 is 1.18. The molecule has 13 heavy (non-hydrogen) atoms. The van der Waals surface area contributed by atoms with Crippen molar-refractivity contribution in [1.82, 2.24) is 9.97 Å². The minimum atomic E-state index is 0.468. The van der Waals surface area contributed by atoms with Gasteiger partial charge in [0, 0.05) is 0 Å². The predicted octanol–water partition coefficient (Wildman–Crippen LogP) is 2.99. The van der Waals surface area contributed by atoms with E-state index in [0.717, 1.165) is 22.6 Å². The average molecular weight is 213 g/mol. The standard InChI is InChI=1S/C9H9ClN2S/c1-2-9-12-7-5-11-6(4-10)3-8(7)13-9/h3,5H,2,4H2,1H3. The van der Waals surface area contributed by atoms with E-state index in [1.54, 1.807) is 17.5 Å². The molecule has 2 aromatic rings. The van der Waals surface area contributed by atoms with Crippen molar-refractivity contribution >= 4 is 33.2 Å². The summed E-state index contributed by atoms with van der Waals surface area (Å²) in [6.07, 6.45) is 2.78. The maximum atomic E-state index is 5.69. The topological polar surface area (TPSA) is 25.8 Å². The van der Waals surface area contributed by atoms with Crippen LogP contribution in [0.5, 0.6) is 0 Å². The van der Waals surface area contributed by atoms with Crippen LogP contribution in [0.1, 0.15) is 17.6 Å².